The molecule has 0 aliphatic carbocycles. The van der Waals surface area contributed by atoms with Gasteiger partial charge in [0.1, 0.15) is 5.82 Å². The Morgan fingerprint density at radius 2 is 2.13 bits per heavy atom. The minimum absolute atomic E-state index is 0.162. The maximum atomic E-state index is 13.2. The van der Waals surface area contributed by atoms with E-state index in [9.17, 15) is 4.39 Å². The van der Waals surface area contributed by atoms with E-state index >= 15 is 0 Å². The molecule has 0 radical (unpaired) electrons. The summed E-state index contributed by atoms with van der Waals surface area (Å²) in [5.74, 6) is -0.347. The maximum absolute atomic E-state index is 13.2. The van der Waals surface area contributed by atoms with Gasteiger partial charge in [-0.25, -0.2) is 4.39 Å². The predicted octanol–water partition coefficient (Wildman–Crippen LogP) is 1.72. The highest BCUT2D eigenvalue weighted by Crippen LogP contribution is 2.21. The van der Waals surface area contributed by atoms with Crippen LogP contribution in [0, 0.1) is 5.82 Å². The Kier molecular flexibility index (Phi) is 2.51. The summed E-state index contributed by atoms with van der Waals surface area (Å²) in [5, 5.41) is 13.0. The molecule has 0 bridgehead atoms. The number of benzene rings is 1. The molecule has 0 saturated carbocycles. The molecule has 0 saturated heterocycles. The lowest BCUT2D eigenvalue weighted by molar-refractivity contribution is 0.281. The minimum atomic E-state index is -0.347. The Morgan fingerprint density at radius 1 is 1.33 bits per heavy atom. The zero-order valence-corrected chi connectivity index (χ0v) is 8.31. The number of nitrogens with zero attached hydrogens (tertiary/aromatic N) is 2. The SMILES string of the molecule is Cn1cc(-c2cc(F)cc(CO)c2)cn1. The first-order chi connectivity index (χ1) is 7.19. The first-order valence-corrected chi connectivity index (χ1v) is 4.58. The van der Waals surface area contributed by atoms with Gasteiger partial charge < -0.3 is 5.11 Å². The lowest BCUT2D eigenvalue weighted by Gasteiger charge is -2.01. The van der Waals surface area contributed by atoms with E-state index < -0.39 is 0 Å². The minimum Gasteiger partial charge on any atom is -0.392 e. The topological polar surface area (TPSA) is 38.0 Å². The number of aliphatic hydroxyl groups excluding tert-OH is 1. The van der Waals surface area contributed by atoms with Crippen molar-refractivity contribution in [2.24, 2.45) is 7.05 Å². The monoisotopic (exact) mass is 206 g/mol. The van der Waals surface area contributed by atoms with E-state index in [4.69, 9.17) is 5.11 Å². The fourth-order valence-electron chi connectivity index (χ4n) is 1.48. The second-order valence-electron chi connectivity index (χ2n) is 3.41. The smallest absolute Gasteiger partial charge is 0.124 e. The third kappa shape index (κ3) is 2.05. The van der Waals surface area contributed by atoms with Gasteiger partial charge in [-0.2, -0.15) is 5.10 Å². The van der Waals surface area contributed by atoms with Crippen LogP contribution in [-0.4, -0.2) is 14.9 Å². The van der Waals surface area contributed by atoms with Crippen LogP contribution in [-0.2, 0) is 13.7 Å². The fraction of sp³-hybridized carbons (Fsp3) is 0.182. The number of aryl methyl sites for hydroxylation is 1. The molecule has 15 heavy (non-hydrogen) atoms. The van der Waals surface area contributed by atoms with Crippen molar-refractivity contribution in [1.29, 1.82) is 0 Å². The van der Waals surface area contributed by atoms with Crippen LogP contribution in [0.5, 0.6) is 0 Å². The van der Waals surface area contributed by atoms with E-state index in [0.717, 1.165) is 11.1 Å². The first-order valence-electron chi connectivity index (χ1n) is 4.58. The van der Waals surface area contributed by atoms with Gasteiger partial charge in [-0.3, -0.25) is 4.68 Å². The molecule has 4 heteroatoms. The summed E-state index contributed by atoms with van der Waals surface area (Å²) in [4.78, 5) is 0. The van der Waals surface area contributed by atoms with Crippen molar-refractivity contribution in [1.82, 2.24) is 9.78 Å². The molecular formula is C11H11FN2O. The van der Waals surface area contributed by atoms with Crippen molar-refractivity contribution in [2.75, 3.05) is 0 Å². The van der Waals surface area contributed by atoms with Crippen LogP contribution in [0.2, 0.25) is 0 Å². The van der Waals surface area contributed by atoms with Crippen LogP contribution in [0.15, 0.2) is 30.6 Å². The highest BCUT2D eigenvalue weighted by atomic mass is 19.1. The number of aliphatic hydroxyl groups is 1. The molecule has 2 aromatic rings. The zero-order chi connectivity index (χ0) is 10.8. The molecule has 1 aromatic heterocycles. The summed E-state index contributed by atoms with van der Waals surface area (Å²) in [6, 6.07) is 4.50. The van der Waals surface area contributed by atoms with Crippen LogP contribution >= 0.6 is 0 Å². The van der Waals surface area contributed by atoms with Crippen LogP contribution in [0.3, 0.4) is 0 Å². The Hall–Kier alpha value is -1.68. The molecule has 78 valence electrons. The number of aromatic nitrogens is 2. The van der Waals surface area contributed by atoms with Gasteiger partial charge in [-0.15, -0.1) is 0 Å². The largest absolute Gasteiger partial charge is 0.392 e. The van der Waals surface area contributed by atoms with E-state index in [1.165, 1.54) is 12.1 Å². The Labute approximate surface area is 86.8 Å². The summed E-state index contributed by atoms with van der Waals surface area (Å²) in [5.41, 5.74) is 2.13. The Balaban J connectivity index is 2.48. The van der Waals surface area contributed by atoms with Crippen LogP contribution < -0.4 is 0 Å². The van der Waals surface area contributed by atoms with Crippen molar-refractivity contribution < 1.29 is 9.50 Å². The van der Waals surface area contributed by atoms with E-state index in [1.54, 1.807) is 30.2 Å². The molecule has 0 atom stereocenters. The molecule has 3 nitrogen and oxygen atoms in total. The molecular weight excluding hydrogens is 195 g/mol. The summed E-state index contributed by atoms with van der Waals surface area (Å²) >= 11 is 0. The summed E-state index contributed by atoms with van der Waals surface area (Å²) in [6.45, 7) is -0.162. The Bertz CT molecular complexity index is 479. The fourth-order valence-corrected chi connectivity index (χ4v) is 1.48. The predicted molar refractivity (Wildman–Crippen MR) is 54.5 cm³/mol. The normalized spacial score (nSPS) is 10.6. The lowest BCUT2D eigenvalue weighted by Crippen LogP contribution is -1.87. The summed E-state index contributed by atoms with van der Waals surface area (Å²) in [7, 11) is 1.80. The third-order valence-corrected chi connectivity index (χ3v) is 2.18. The zero-order valence-electron chi connectivity index (χ0n) is 8.31. The van der Waals surface area contributed by atoms with Crippen molar-refractivity contribution in [3.63, 3.8) is 0 Å². The van der Waals surface area contributed by atoms with E-state index in [-0.39, 0.29) is 12.4 Å². The second kappa shape index (κ2) is 3.82. The summed E-state index contributed by atoms with van der Waals surface area (Å²) < 4.78 is 14.8. The van der Waals surface area contributed by atoms with Gasteiger partial charge in [0.25, 0.3) is 0 Å². The highest BCUT2D eigenvalue weighted by molar-refractivity contribution is 5.62. The third-order valence-electron chi connectivity index (χ3n) is 2.18. The van der Waals surface area contributed by atoms with Gasteiger partial charge in [-0.05, 0) is 29.3 Å². The molecule has 0 aliphatic rings. The van der Waals surface area contributed by atoms with Gasteiger partial charge in [-0.1, -0.05) is 0 Å². The molecule has 1 aromatic carbocycles. The van der Waals surface area contributed by atoms with E-state index in [2.05, 4.69) is 5.10 Å². The highest BCUT2D eigenvalue weighted by Gasteiger charge is 2.04. The maximum Gasteiger partial charge on any atom is 0.124 e. The average Bonchev–Trinajstić information content (AvgIpc) is 2.64. The summed E-state index contributed by atoms with van der Waals surface area (Å²) in [6.07, 6.45) is 3.46. The van der Waals surface area contributed by atoms with Crippen molar-refractivity contribution >= 4 is 0 Å². The quantitative estimate of drug-likeness (QED) is 0.812. The van der Waals surface area contributed by atoms with Crippen molar-refractivity contribution in [2.45, 2.75) is 6.61 Å². The molecule has 0 amide bonds. The second-order valence-corrected chi connectivity index (χ2v) is 3.41. The van der Waals surface area contributed by atoms with Crippen molar-refractivity contribution in [3.8, 4) is 11.1 Å². The van der Waals surface area contributed by atoms with Crippen LogP contribution in [0.25, 0.3) is 11.1 Å². The standard InChI is InChI=1S/C11H11FN2O/c1-14-6-10(5-13-14)9-2-8(7-15)3-11(12)4-9/h2-6,15H,7H2,1H3. The number of rotatable bonds is 2. The number of hydrogen-bond donors (Lipinski definition) is 1. The molecule has 1 heterocycles. The molecule has 1 N–H and O–H groups in total. The van der Waals surface area contributed by atoms with Crippen molar-refractivity contribution in [3.05, 3.63) is 42.0 Å². The van der Waals surface area contributed by atoms with E-state index in [0.29, 0.717) is 5.56 Å². The van der Waals surface area contributed by atoms with Gasteiger partial charge in [0.2, 0.25) is 0 Å². The average molecular weight is 206 g/mol. The van der Waals surface area contributed by atoms with Gasteiger partial charge >= 0.3 is 0 Å². The van der Waals surface area contributed by atoms with Gasteiger partial charge in [0.05, 0.1) is 12.8 Å². The van der Waals surface area contributed by atoms with Crippen LogP contribution in [0.4, 0.5) is 4.39 Å². The molecule has 0 fully saturated rings. The number of halogens is 1. The number of hydrogen-bond acceptors (Lipinski definition) is 2. The Morgan fingerprint density at radius 3 is 2.73 bits per heavy atom. The molecule has 0 aliphatic heterocycles. The molecule has 2 rings (SSSR count). The molecule has 0 unspecified atom stereocenters. The van der Waals surface area contributed by atoms with Gasteiger partial charge in [0.15, 0.2) is 0 Å². The molecule has 0 spiro atoms. The lowest BCUT2D eigenvalue weighted by atomic mass is 10.1. The first kappa shape index (κ1) is 9.86. The van der Waals surface area contributed by atoms with Crippen LogP contribution in [0.1, 0.15) is 5.56 Å². The van der Waals surface area contributed by atoms with Gasteiger partial charge in [0, 0.05) is 18.8 Å². The van der Waals surface area contributed by atoms with E-state index in [1.807, 2.05) is 0 Å².